The average Bonchev–Trinajstić information content (AvgIpc) is 2.74. The monoisotopic (exact) mass is 275 g/mol. The van der Waals surface area contributed by atoms with Crippen molar-refractivity contribution in [2.24, 2.45) is 0 Å². The number of halogens is 3. The van der Waals surface area contributed by atoms with E-state index in [1.165, 1.54) is 6.92 Å². The molecule has 1 unspecified atom stereocenters. The average molecular weight is 275 g/mol. The van der Waals surface area contributed by atoms with E-state index < -0.39 is 18.1 Å². The van der Waals surface area contributed by atoms with Crippen LogP contribution in [0.1, 0.15) is 18.1 Å². The van der Waals surface area contributed by atoms with Gasteiger partial charge in [0.25, 0.3) is 0 Å². The number of alkyl halides is 3. The highest BCUT2D eigenvalue weighted by molar-refractivity contribution is 5.81. The number of fused-ring (bicyclic) bond motifs is 1. The van der Waals surface area contributed by atoms with Crippen LogP contribution in [-0.2, 0) is 22.7 Å². The van der Waals surface area contributed by atoms with Crippen LogP contribution in [0, 0.1) is 0 Å². The zero-order chi connectivity index (χ0) is 14.0. The second kappa shape index (κ2) is 5.08. The fourth-order valence-electron chi connectivity index (χ4n) is 1.79. The fourth-order valence-corrected chi connectivity index (χ4v) is 1.79. The maximum atomic E-state index is 12.1. The summed E-state index contributed by atoms with van der Waals surface area (Å²) in [7, 11) is 0. The Morgan fingerprint density at radius 2 is 2.21 bits per heavy atom. The molecule has 1 aromatic carbocycles. The number of rotatable bonds is 3. The Labute approximate surface area is 107 Å². The SMILES string of the molecule is CC(Cc1ccc2c(c1)OOC2)NC(=O)C(F)(F)F. The molecule has 104 valence electrons. The molecule has 1 heterocycles. The second-order valence-corrected chi connectivity index (χ2v) is 4.36. The molecule has 1 aliphatic rings. The summed E-state index contributed by atoms with van der Waals surface area (Å²) in [5, 5.41) is 1.90. The van der Waals surface area contributed by atoms with E-state index in [0.29, 0.717) is 12.4 Å². The highest BCUT2D eigenvalue weighted by Crippen LogP contribution is 2.27. The van der Waals surface area contributed by atoms with Gasteiger partial charge in [-0.25, -0.2) is 0 Å². The minimum atomic E-state index is -4.86. The summed E-state index contributed by atoms with van der Waals surface area (Å²) in [5.74, 6) is -1.37. The van der Waals surface area contributed by atoms with E-state index in [-0.39, 0.29) is 6.42 Å². The van der Waals surface area contributed by atoms with Gasteiger partial charge >= 0.3 is 12.1 Å². The molecule has 0 bridgehead atoms. The highest BCUT2D eigenvalue weighted by atomic mass is 19.4. The maximum Gasteiger partial charge on any atom is 0.471 e. The van der Waals surface area contributed by atoms with Gasteiger partial charge in [-0.1, -0.05) is 12.1 Å². The topological polar surface area (TPSA) is 47.6 Å². The molecular formula is C12H12F3NO3. The van der Waals surface area contributed by atoms with Crippen molar-refractivity contribution in [3.63, 3.8) is 0 Å². The van der Waals surface area contributed by atoms with Crippen molar-refractivity contribution in [1.29, 1.82) is 0 Å². The van der Waals surface area contributed by atoms with Crippen LogP contribution in [0.4, 0.5) is 13.2 Å². The Morgan fingerprint density at radius 1 is 1.47 bits per heavy atom. The summed E-state index contributed by atoms with van der Waals surface area (Å²) in [6.07, 6.45) is -4.58. The smallest absolute Gasteiger partial charge is 0.345 e. The molecule has 4 nitrogen and oxygen atoms in total. The molecule has 0 saturated heterocycles. The van der Waals surface area contributed by atoms with Crippen molar-refractivity contribution in [1.82, 2.24) is 5.32 Å². The zero-order valence-electron chi connectivity index (χ0n) is 10.1. The highest BCUT2D eigenvalue weighted by Gasteiger charge is 2.39. The van der Waals surface area contributed by atoms with Crippen LogP contribution in [0.15, 0.2) is 18.2 Å². The van der Waals surface area contributed by atoms with Crippen molar-refractivity contribution < 1.29 is 27.7 Å². The molecule has 0 fully saturated rings. The van der Waals surface area contributed by atoms with Gasteiger partial charge in [0.15, 0.2) is 5.75 Å². The molecule has 1 aliphatic heterocycles. The Hall–Kier alpha value is -1.76. The first kappa shape index (κ1) is 13.7. The van der Waals surface area contributed by atoms with Crippen LogP contribution in [-0.4, -0.2) is 18.1 Å². The Balaban J connectivity index is 1.96. The minimum Gasteiger partial charge on any atom is -0.345 e. The lowest BCUT2D eigenvalue weighted by molar-refractivity contribution is -0.194. The molecule has 1 atom stereocenters. The molecule has 2 rings (SSSR count). The first-order chi connectivity index (χ1) is 8.86. The fraction of sp³-hybridized carbons (Fsp3) is 0.417. The van der Waals surface area contributed by atoms with Gasteiger partial charge in [-0.3, -0.25) is 4.79 Å². The lowest BCUT2D eigenvalue weighted by Gasteiger charge is -2.15. The molecule has 0 saturated carbocycles. The number of carbonyl (C=O) groups is 1. The van der Waals surface area contributed by atoms with Crippen LogP contribution in [0.2, 0.25) is 0 Å². The van der Waals surface area contributed by atoms with Crippen molar-refractivity contribution >= 4 is 5.91 Å². The third-order valence-corrected chi connectivity index (χ3v) is 2.67. The molecule has 0 aliphatic carbocycles. The van der Waals surface area contributed by atoms with Gasteiger partial charge in [-0.05, 0) is 25.0 Å². The van der Waals surface area contributed by atoms with E-state index in [4.69, 9.17) is 9.78 Å². The lowest BCUT2D eigenvalue weighted by atomic mass is 10.0. The number of hydrogen-bond acceptors (Lipinski definition) is 3. The summed E-state index contributed by atoms with van der Waals surface area (Å²) in [4.78, 5) is 20.4. The van der Waals surface area contributed by atoms with E-state index in [1.54, 1.807) is 18.2 Å². The van der Waals surface area contributed by atoms with Crippen LogP contribution in [0.5, 0.6) is 5.75 Å². The summed E-state index contributed by atoms with van der Waals surface area (Å²) in [5.41, 5.74) is 1.65. The lowest BCUT2D eigenvalue weighted by Crippen LogP contribution is -2.42. The van der Waals surface area contributed by atoms with E-state index in [9.17, 15) is 18.0 Å². The van der Waals surface area contributed by atoms with Crippen LogP contribution < -0.4 is 10.2 Å². The number of hydrogen-bond donors (Lipinski definition) is 1. The molecule has 1 N–H and O–H groups in total. The van der Waals surface area contributed by atoms with Gasteiger partial charge in [0.2, 0.25) is 0 Å². The largest absolute Gasteiger partial charge is 0.471 e. The molecule has 0 spiro atoms. The van der Waals surface area contributed by atoms with Gasteiger partial charge < -0.3 is 10.2 Å². The van der Waals surface area contributed by atoms with Crippen molar-refractivity contribution in [2.75, 3.05) is 0 Å². The third-order valence-electron chi connectivity index (χ3n) is 2.67. The van der Waals surface area contributed by atoms with Gasteiger partial charge in [0.05, 0.1) is 0 Å². The molecule has 7 heteroatoms. The first-order valence-corrected chi connectivity index (χ1v) is 5.65. The van der Waals surface area contributed by atoms with E-state index >= 15 is 0 Å². The van der Waals surface area contributed by atoms with Crippen LogP contribution in [0.3, 0.4) is 0 Å². The van der Waals surface area contributed by atoms with Crippen LogP contribution in [0.25, 0.3) is 0 Å². The van der Waals surface area contributed by atoms with E-state index in [2.05, 4.69) is 0 Å². The zero-order valence-corrected chi connectivity index (χ0v) is 10.1. The summed E-state index contributed by atoms with van der Waals surface area (Å²) < 4.78 is 36.2. The molecule has 0 radical (unpaired) electrons. The Kier molecular flexibility index (Phi) is 3.66. The van der Waals surface area contributed by atoms with Gasteiger partial charge in [-0.2, -0.15) is 18.1 Å². The Bertz CT molecular complexity index is 488. The first-order valence-electron chi connectivity index (χ1n) is 5.65. The molecule has 0 aromatic heterocycles. The van der Waals surface area contributed by atoms with Crippen molar-refractivity contribution in [2.45, 2.75) is 32.2 Å². The number of carbonyl (C=O) groups excluding carboxylic acids is 1. The van der Waals surface area contributed by atoms with Gasteiger partial charge in [0.1, 0.15) is 6.61 Å². The summed E-state index contributed by atoms with van der Waals surface area (Å²) >= 11 is 0. The quantitative estimate of drug-likeness (QED) is 0.859. The summed E-state index contributed by atoms with van der Waals surface area (Å²) in [6.45, 7) is 1.87. The van der Waals surface area contributed by atoms with E-state index in [1.807, 2.05) is 5.32 Å². The van der Waals surface area contributed by atoms with Crippen molar-refractivity contribution in [3.05, 3.63) is 29.3 Å². The third kappa shape index (κ3) is 3.37. The van der Waals surface area contributed by atoms with Gasteiger partial charge in [0, 0.05) is 11.6 Å². The normalized spacial score (nSPS) is 15.6. The predicted molar refractivity (Wildman–Crippen MR) is 59.2 cm³/mol. The number of nitrogens with one attached hydrogen (secondary N) is 1. The molecule has 1 amide bonds. The minimum absolute atomic E-state index is 0.276. The maximum absolute atomic E-state index is 12.1. The van der Waals surface area contributed by atoms with Crippen LogP contribution >= 0.6 is 0 Å². The number of amides is 1. The van der Waals surface area contributed by atoms with Gasteiger partial charge in [-0.15, -0.1) is 0 Å². The molecular weight excluding hydrogens is 263 g/mol. The standard InChI is InChI=1S/C12H12F3NO3/c1-7(16-11(17)12(13,14)15)4-8-2-3-9-6-18-19-10(9)5-8/h2-3,5,7H,4,6H2,1H3,(H,16,17). The Morgan fingerprint density at radius 3 is 2.89 bits per heavy atom. The predicted octanol–water partition coefficient (Wildman–Crippen LogP) is 2.12. The number of benzene rings is 1. The van der Waals surface area contributed by atoms with E-state index in [0.717, 1.165) is 11.1 Å². The van der Waals surface area contributed by atoms with Crippen molar-refractivity contribution in [3.8, 4) is 5.75 Å². The molecule has 19 heavy (non-hydrogen) atoms. The second-order valence-electron chi connectivity index (χ2n) is 4.36. The summed E-state index contributed by atoms with van der Waals surface area (Å²) in [6, 6.07) is 4.62. The molecule has 1 aromatic rings.